The highest BCUT2D eigenvalue weighted by molar-refractivity contribution is 5.39. The van der Waals surface area contributed by atoms with E-state index in [1.165, 1.54) is 24.4 Å². The van der Waals surface area contributed by atoms with E-state index in [1.54, 1.807) is 13.1 Å². The van der Waals surface area contributed by atoms with Crippen molar-refractivity contribution in [3.63, 3.8) is 0 Å². The summed E-state index contributed by atoms with van der Waals surface area (Å²) in [5, 5.41) is 12.8. The molecule has 0 radical (unpaired) electrons. The largest absolute Gasteiger partial charge is 0.573 e. The molecule has 102 valence electrons. The number of nitrogens with one attached hydrogen (secondary N) is 2. The van der Waals surface area contributed by atoms with Crippen LogP contribution < -0.4 is 10.1 Å². The lowest BCUT2D eigenvalue weighted by Crippen LogP contribution is -2.22. The van der Waals surface area contributed by atoms with Crippen molar-refractivity contribution in [2.24, 2.45) is 0 Å². The predicted octanol–water partition coefficient (Wildman–Crippen LogP) is 2.01. The van der Waals surface area contributed by atoms with Gasteiger partial charge >= 0.3 is 6.36 Å². The molecule has 0 saturated heterocycles. The average molecular weight is 272 g/mol. The monoisotopic (exact) mass is 272 g/mol. The molecule has 1 aromatic carbocycles. The normalized spacial score (nSPS) is 13.3. The second-order valence-corrected chi connectivity index (χ2v) is 3.70. The maximum atomic E-state index is 12.4. The third-order valence-electron chi connectivity index (χ3n) is 2.47. The van der Waals surface area contributed by atoms with Crippen molar-refractivity contribution in [3.05, 3.63) is 41.7 Å². The second-order valence-electron chi connectivity index (χ2n) is 3.70. The lowest BCUT2D eigenvalue weighted by atomic mass is 10.0. The Hall–Kier alpha value is -2.09. The predicted molar refractivity (Wildman–Crippen MR) is 60.4 cm³/mol. The van der Waals surface area contributed by atoms with Crippen LogP contribution in [0.4, 0.5) is 13.2 Å². The molecule has 0 aliphatic heterocycles. The van der Waals surface area contributed by atoms with Gasteiger partial charge in [0.2, 0.25) is 0 Å². The summed E-state index contributed by atoms with van der Waals surface area (Å²) in [7, 11) is 1.61. The number of rotatable bonds is 4. The van der Waals surface area contributed by atoms with Gasteiger partial charge in [0.15, 0.2) is 0 Å². The smallest absolute Gasteiger partial charge is 0.405 e. The molecule has 1 atom stereocenters. The number of ether oxygens (including phenoxy) is 1. The highest BCUT2D eigenvalue weighted by atomic mass is 19.4. The van der Waals surface area contributed by atoms with E-state index in [0.29, 0.717) is 11.3 Å². The van der Waals surface area contributed by atoms with Crippen LogP contribution >= 0.6 is 0 Å². The maximum absolute atomic E-state index is 12.4. The fourth-order valence-corrected chi connectivity index (χ4v) is 1.75. The molecule has 0 amide bonds. The van der Waals surface area contributed by atoms with Gasteiger partial charge < -0.3 is 10.1 Å². The van der Waals surface area contributed by atoms with Crippen molar-refractivity contribution in [3.8, 4) is 5.75 Å². The van der Waals surface area contributed by atoms with Gasteiger partial charge in [-0.3, -0.25) is 0 Å². The van der Waals surface area contributed by atoms with Crippen molar-refractivity contribution >= 4 is 0 Å². The Morgan fingerprint density at radius 1 is 1.32 bits per heavy atom. The van der Waals surface area contributed by atoms with Crippen molar-refractivity contribution in [2.75, 3.05) is 7.05 Å². The third kappa shape index (κ3) is 3.22. The molecule has 0 aliphatic carbocycles. The molecule has 0 fully saturated rings. The lowest BCUT2D eigenvalue weighted by Gasteiger charge is -2.18. The van der Waals surface area contributed by atoms with E-state index < -0.39 is 12.4 Å². The number of benzene rings is 1. The van der Waals surface area contributed by atoms with Crippen LogP contribution in [0.5, 0.6) is 5.75 Å². The summed E-state index contributed by atoms with van der Waals surface area (Å²) in [4.78, 5) is 0. The fraction of sp³-hybridized carbons (Fsp3) is 0.273. The van der Waals surface area contributed by atoms with Crippen LogP contribution in [0, 0.1) is 0 Å². The topological polar surface area (TPSA) is 62.8 Å². The zero-order valence-corrected chi connectivity index (χ0v) is 9.90. The molecule has 2 N–H and O–H groups in total. The summed E-state index contributed by atoms with van der Waals surface area (Å²) in [5.41, 5.74) is 0.803. The minimum absolute atomic E-state index is 0.266. The Balaban J connectivity index is 2.38. The van der Waals surface area contributed by atoms with Gasteiger partial charge in [0.1, 0.15) is 11.4 Å². The van der Waals surface area contributed by atoms with Crippen molar-refractivity contribution < 1.29 is 17.9 Å². The Morgan fingerprint density at radius 2 is 2.05 bits per heavy atom. The number of H-pyrrole nitrogens is 1. The average Bonchev–Trinajstić information content (AvgIpc) is 2.84. The zero-order valence-electron chi connectivity index (χ0n) is 9.90. The van der Waals surface area contributed by atoms with E-state index in [4.69, 9.17) is 0 Å². The van der Waals surface area contributed by atoms with Gasteiger partial charge in [0.05, 0.1) is 12.2 Å². The summed E-state index contributed by atoms with van der Waals surface area (Å²) in [6.45, 7) is 0. The van der Waals surface area contributed by atoms with E-state index in [2.05, 4.69) is 25.5 Å². The summed E-state index contributed by atoms with van der Waals surface area (Å²) >= 11 is 0. The number of halogens is 3. The molecule has 2 rings (SSSR count). The first-order chi connectivity index (χ1) is 9.01. The summed E-state index contributed by atoms with van der Waals surface area (Å²) in [6, 6.07) is 5.35. The number of hydrogen-bond donors (Lipinski definition) is 2. The minimum Gasteiger partial charge on any atom is -0.405 e. The van der Waals surface area contributed by atoms with Crippen LogP contribution in [0.2, 0.25) is 0 Å². The Morgan fingerprint density at radius 3 is 2.63 bits per heavy atom. The van der Waals surface area contributed by atoms with Crippen LogP contribution in [0.3, 0.4) is 0 Å². The van der Waals surface area contributed by atoms with Gasteiger partial charge in [-0.05, 0) is 13.1 Å². The van der Waals surface area contributed by atoms with Crippen molar-refractivity contribution in [1.82, 2.24) is 20.7 Å². The van der Waals surface area contributed by atoms with Gasteiger partial charge in [-0.25, -0.2) is 0 Å². The first-order valence-electron chi connectivity index (χ1n) is 5.39. The van der Waals surface area contributed by atoms with Gasteiger partial charge in [-0.15, -0.1) is 13.2 Å². The highest BCUT2D eigenvalue weighted by Gasteiger charge is 2.33. The van der Waals surface area contributed by atoms with Crippen LogP contribution in [0.15, 0.2) is 30.5 Å². The zero-order chi connectivity index (χ0) is 13.9. The van der Waals surface area contributed by atoms with Gasteiger partial charge in [-0.2, -0.15) is 15.4 Å². The lowest BCUT2D eigenvalue weighted by molar-refractivity contribution is -0.275. The van der Waals surface area contributed by atoms with Gasteiger partial charge in [-0.1, -0.05) is 18.2 Å². The first kappa shape index (κ1) is 13.3. The number of aromatic amines is 1. The minimum atomic E-state index is -4.74. The van der Waals surface area contributed by atoms with Crippen molar-refractivity contribution in [2.45, 2.75) is 12.4 Å². The molecule has 0 saturated carbocycles. The van der Waals surface area contributed by atoms with E-state index in [-0.39, 0.29) is 5.75 Å². The molecular formula is C11H11F3N4O. The number of alkyl halides is 3. The molecule has 2 aromatic rings. The quantitative estimate of drug-likeness (QED) is 0.893. The molecule has 1 aromatic heterocycles. The molecule has 8 heteroatoms. The maximum Gasteiger partial charge on any atom is 0.573 e. The molecule has 1 unspecified atom stereocenters. The summed E-state index contributed by atoms with van der Waals surface area (Å²) in [5.74, 6) is -0.266. The second kappa shape index (κ2) is 5.27. The number of nitrogens with zero attached hydrogens (tertiary/aromatic N) is 2. The third-order valence-corrected chi connectivity index (χ3v) is 2.47. The highest BCUT2D eigenvalue weighted by Crippen LogP contribution is 2.32. The molecular weight excluding hydrogens is 261 g/mol. The summed E-state index contributed by atoms with van der Waals surface area (Å²) in [6.07, 6.45) is -3.30. The van der Waals surface area contributed by atoms with E-state index >= 15 is 0 Å². The molecule has 5 nitrogen and oxygen atoms in total. The Labute approximate surface area is 106 Å². The van der Waals surface area contributed by atoms with E-state index in [1.807, 2.05) is 0 Å². The first-order valence-corrected chi connectivity index (χ1v) is 5.39. The molecule has 0 aliphatic rings. The molecule has 0 bridgehead atoms. The SMILES string of the molecule is CNC(c1cn[nH]n1)c1ccccc1OC(F)(F)F. The molecule has 19 heavy (non-hydrogen) atoms. The molecule has 0 spiro atoms. The standard InChI is InChI=1S/C11H11F3N4O/c1-15-10(8-6-16-18-17-8)7-4-2-3-5-9(7)19-11(12,13)14/h2-6,10,15H,1H3,(H,16,17,18). The van der Waals surface area contributed by atoms with Gasteiger partial charge in [0.25, 0.3) is 0 Å². The van der Waals surface area contributed by atoms with Crippen LogP contribution in [0.1, 0.15) is 17.3 Å². The van der Waals surface area contributed by atoms with Crippen LogP contribution in [0.25, 0.3) is 0 Å². The van der Waals surface area contributed by atoms with Crippen molar-refractivity contribution in [1.29, 1.82) is 0 Å². The number of aromatic nitrogens is 3. The van der Waals surface area contributed by atoms with E-state index in [9.17, 15) is 13.2 Å². The Kier molecular flexibility index (Phi) is 3.70. The fourth-order valence-electron chi connectivity index (χ4n) is 1.75. The van der Waals surface area contributed by atoms with E-state index in [0.717, 1.165) is 0 Å². The van der Waals surface area contributed by atoms with Gasteiger partial charge in [0, 0.05) is 5.56 Å². The van der Waals surface area contributed by atoms with Crippen LogP contribution in [-0.4, -0.2) is 28.8 Å². The Bertz CT molecular complexity index is 527. The summed E-state index contributed by atoms with van der Waals surface area (Å²) < 4.78 is 41.1. The number of hydrogen-bond acceptors (Lipinski definition) is 4. The number of para-hydroxylation sites is 1. The molecule has 1 heterocycles. The van der Waals surface area contributed by atoms with Crippen LogP contribution in [-0.2, 0) is 0 Å².